The number of rotatable bonds is 3. The van der Waals surface area contributed by atoms with Gasteiger partial charge in [0.15, 0.2) is 18.2 Å². The number of hydrogen-bond acceptors (Lipinski definition) is 9. The highest BCUT2D eigenvalue weighted by Crippen LogP contribution is 2.44. The van der Waals surface area contributed by atoms with E-state index in [2.05, 4.69) is 9.97 Å². The Morgan fingerprint density at radius 2 is 1.93 bits per heavy atom. The number of nitrogens with zero attached hydrogens (tertiary/aromatic N) is 2. The Bertz CT molecular complexity index is 1190. The van der Waals surface area contributed by atoms with Gasteiger partial charge in [-0.25, -0.2) is 4.39 Å². The molecule has 5 atom stereocenters. The molecule has 0 radical (unpaired) electrons. The number of benzene rings is 1. The number of nitrogen functional groups attached to an aromatic ring is 1. The smallest absolute Gasteiger partial charge is 0.311 e. The number of aliphatic hydroxyl groups is 1. The summed E-state index contributed by atoms with van der Waals surface area (Å²) in [5, 5.41) is 9.71. The van der Waals surface area contributed by atoms with Crippen molar-refractivity contribution in [2.75, 3.05) is 12.3 Å². The highest BCUT2D eigenvalue weighted by atomic mass is 32.1. The third-order valence-corrected chi connectivity index (χ3v) is 5.86. The Morgan fingerprint density at radius 3 is 2.66 bits per heavy atom. The highest BCUT2D eigenvalue weighted by Gasteiger charge is 2.54. The number of nitrogens with two attached hydrogens (primary N) is 1. The Hall–Kier alpha value is -2.64. The lowest BCUT2D eigenvalue weighted by molar-refractivity contribution is -0.153. The van der Waals surface area contributed by atoms with E-state index < -0.39 is 47.1 Å². The number of halogens is 1. The van der Waals surface area contributed by atoms with Gasteiger partial charge >= 0.3 is 4.87 Å². The fraction of sp³-hybridized carbons (Fsp3) is 0.353. The highest BCUT2D eigenvalue weighted by molar-refractivity contribution is 7.16. The molecular weight excluding hydrogens is 407 g/mol. The topological polar surface area (TPSA) is 142 Å². The fourth-order valence-electron chi connectivity index (χ4n) is 3.64. The molecule has 4 N–H and O–H groups in total. The van der Waals surface area contributed by atoms with Crippen molar-refractivity contribution in [3.8, 4) is 0 Å². The molecule has 2 aliphatic heterocycles. The van der Waals surface area contributed by atoms with E-state index in [0.717, 1.165) is 0 Å². The molecule has 4 heterocycles. The average molecular weight is 422 g/mol. The van der Waals surface area contributed by atoms with Crippen molar-refractivity contribution in [2.45, 2.75) is 30.8 Å². The van der Waals surface area contributed by atoms with Crippen molar-refractivity contribution in [3.05, 3.63) is 55.7 Å². The van der Waals surface area contributed by atoms with Gasteiger partial charge in [-0.1, -0.05) is 23.5 Å². The first kappa shape index (κ1) is 18.4. The Balaban J connectivity index is 1.56. The van der Waals surface area contributed by atoms with Gasteiger partial charge in [-0.3, -0.25) is 19.1 Å². The van der Waals surface area contributed by atoms with Gasteiger partial charge in [0.05, 0.1) is 6.61 Å². The molecule has 1 unspecified atom stereocenters. The summed E-state index contributed by atoms with van der Waals surface area (Å²) in [5.74, 6) is -0.540. The second kappa shape index (κ2) is 6.71. The molecule has 0 spiro atoms. The summed E-state index contributed by atoms with van der Waals surface area (Å²) < 4.78 is 32.2. The van der Waals surface area contributed by atoms with Gasteiger partial charge in [-0.2, -0.15) is 4.98 Å². The number of hydrogen-bond donors (Lipinski definition) is 3. The van der Waals surface area contributed by atoms with Crippen molar-refractivity contribution in [1.29, 1.82) is 0 Å². The van der Waals surface area contributed by atoms with Gasteiger partial charge in [0, 0.05) is 5.56 Å². The summed E-state index contributed by atoms with van der Waals surface area (Å²) in [7, 11) is 0. The third kappa shape index (κ3) is 2.88. The minimum absolute atomic E-state index is 0.0671. The van der Waals surface area contributed by atoms with Gasteiger partial charge < -0.3 is 25.1 Å². The van der Waals surface area contributed by atoms with Crippen LogP contribution in [-0.4, -0.2) is 44.6 Å². The van der Waals surface area contributed by atoms with Crippen molar-refractivity contribution in [2.24, 2.45) is 0 Å². The van der Waals surface area contributed by atoms with E-state index in [4.69, 9.17) is 19.9 Å². The SMILES string of the molecule is Nc1nc2c(sc(=O)n2[C@@H]2O[C@H](CO)[C@H]3OC(c4ccc(F)cc4)O[C@H]32)c(=O)[nH]1. The molecule has 10 nitrogen and oxygen atoms in total. The number of aromatic amines is 1. The van der Waals surface area contributed by atoms with Crippen LogP contribution in [-0.2, 0) is 14.2 Å². The number of ether oxygens (including phenoxy) is 3. The van der Waals surface area contributed by atoms with Crippen molar-refractivity contribution < 1.29 is 23.7 Å². The summed E-state index contributed by atoms with van der Waals surface area (Å²) in [5.41, 5.74) is 5.74. The predicted octanol–water partition coefficient (Wildman–Crippen LogP) is 0.240. The second-order valence-electron chi connectivity index (χ2n) is 6.67. The summed E-state index contributed by atoms with van der Waals surface area (Å²) in [6.07, 6.45) is -4.02. The van der Waals surface area contributed by atoms with Gasteiger partial charge in [0.1, 0.15) is 28.8 Å². The minimum Gasteiger partial charge on any atom is -0.394 e. The molecule has 2 aliphatic rings. The van der Waals surface area contributed by atoms with Crippen LogP contribution in [0.5, 0.6) is 0 Å². The van der Waals surface area contributed by atoms with E-state index >= 15 is 0 Å². The molecule has 0 bridgehead atoms. The monoisotopic (exact) mass is 422 g/mol. The first-order chi connectivity index (χ1) is 14.0. The Morgan fingerprint density at radius 1 is 1.21 bits per heavy atom. The number of anilines is 1. The molecule has 5 rings (SSSR count). The zero-order chi connectivity index (χ0) is 20.3. The number of fused-ring (bicyclic) bond motifs is 2. The van der Waals surface area contributed by atoms with Gasteiger partial charge in [-0.05, 0) is 12.1 Å². The molecule has 152 valence electrons. The first-order valence-electron chi connectivity index (χ1n) is 8.70. The predicted molar refractivity (Wildman–Crippen MR) is 98.8 cm³/mol. The van der Waals surface area contributed by atoms with Crippen molar-refractivity contribution >= 4 is 27.6 Å². The maximum absolute atomic E-state index is 13.2. The van der Waals surface area contributed by atoms with Crippen LogP contribution in [0.25, 0.3) is 10.3 Å². The normalized spacial score (nSPS) is 28.8. The quantitative estimate of drug-likeness (QED) is 0.545. The van der Waals surface area contributed by atoms with Crippen LogP contribution in [0.4, 0.5) is 10.3 Å². The number of nitrogens with one attached hydrogen (secondary N) is 1. The van der Waals surface area contributed by atoms with Crippen LogP contribution in [0.15, 0.2) is 33.9 Å². The van der Waals surface area contributed by atoms with Crippen LogP contribution in [0.1, 0.15) is 18.1 Å². The molecule has 2 fully saturated rings. The summed E-state index contributed by atoms with van der Waals surface area (Å²) in [6, 6.07) is 5.62. The standard InChI is InChI=1S/C17H15FN4O6S/c18-7-3-1-6(2-4-7)15-27-9-8(5-23)26-14(10(9)28-15)22-12-11(29-17(22)25)13(24)21-16(19)20-12/h1-4,8-10,14-15,23H,5H2,(H3,19,20,21,24)/t8-,9-,10-,14-,15?/m1/s1. The summed E-state index contributed by atoms with van der Waals surface area (Å²) >= 11 is 0.708. The largest absolute Gasteiger partial charge is 0.394 e. The van der Waals surface area contributed by atoms with E-state index in [1.807, 2.05) is 0 Å². The van der Waals surface area contributed by atoms with E-state index in [1.54, 1.807) is 0 Å². The summed E-state index contributed by atoms with van der Waals surface area (Å²) in [4.78, 5) is 30.7. The zero-order valence-electron chi connectivity index (χ0n) is 14.6. The van der Waals surface area contributed by atoms with Crippen molar-refractivity contribution in [3.63, 3.8) is 0 Å². The van der Waals surface area contributed by atoms with E-state index in [1.165, 1.54) is 28.8 Å². The maximum Gasteiger partial charge on any atom is 0.311 e. The number of H-pyrrole nitrogens is 1. The average Bonchev–Trinajstić information content (AvgIpc) is 3.34. The van der Waals surface area contributed by atoms with Crippen LogP contribution in [0.3, 0.4) is 0 Å². The molecule has 0 amide bonds. The molecule has 2 saturated heterocycles. The Kier molecular flexibility index (Phi) is 4.26. The molecule has 29 heavy (non-hydrogen) atoms. The molecule has 2 aromatic heterocycles. The molecule has 12 heteroatoms. The summed E-state index contributed by atoms with van der Waals surface area (Å²) in [6.45, 7) is -0.371. The third-order valence-electron chi connectivity index (χ3n) is 4.92. The second-order valence-corrected chi connectivity index (χ2v) is 7.64. The molecule has 1 aromatic carbocycles. The lowest BCUT2D eigenvalue weighted by Gasteiger charge is -2.20. The van der Waals surface area contributed by atoms with Gasteiger partial charge in [0.25, 0.3) is 5.56 Å². The van der Waals surface area contributed by atoms with Crippen LogP contribution < -0.4 is 16.2 Å². The maximum atomic E-state index is 13.2. The molecule has 0 saturated carbocycles. The molecular formula is C17H15FN4O6S. The van der Waals surface area contributed by atoms with Crippen LogP contribution in [0, 0.1) is 5.82 Å². The van der Waals surface area contributed by atoms with Crippen LogP contribution >= 0.6 is 11.3 Å². The number of thiazole rings is 1. The van der Waals surface area contributed by atoms with Crippen molar-refractivity contribution in [1.82, 2.24) is 14.5 Å². The van der Waals surface area contributed by atoms with E-state index in [-0.39, 0.29) is 22.9 Å². The fourth-order valence-corrected chi connectivity index (χ4v) is 4.48. The van der Waals surface area contributed by atoms with Gasteiger partial charge in [-0.15, -0.1) is 0 Å². The Labute approximate surface area is 165 Å². The number of aliphatic hydroxyl groups excluding tert-OH is 1. The lowest BCUT2D eigenvalue weighted by atomic mass is 10.1. The van der Waals surface area contributed by atoms with E-state index in [9.17, 15) is 19.1 Å². The lowest BCUT2D eigenvalue weighted by Crippen LogP contribution is -2.32. The van der Waals surface area contributed by atoms with E-state index in [0.29, 0.717) is 16.9 Å². The van der Waals surface area contributed by atoms with Gasteiger partial charge in [0.2, 0.25) is 5.95 Å². The first-order valence-corrected chi connectivity index (χ1v) is 9.51. The number of aromatic nitrogens is 3. The molecule has 3 aromatic rings. The minimum atomic E-state index is -0.988. The zero-order valence-corrected chi connectivity index (χ0v) is 15.5. The molecule has 0 aliphatic carbocycles. The van der Waals surface area contributed by atoms with Crippen LogP contribution in [0.2, 0.25) is 0 Å².